The fourth-order valence-electron chi connectivity index (χ4n) is 2.00. The van der Waals surface area contributed by atoms with E-state index in [1.165, 1.54) is 12.1 Å². The van der Waals surface area contributed by atoms with Gasteiger partial charge in [-0.2, -0.15) is 23.5 Å². The van der Waals surface area contributed by atoms with E-state index >= 15 is 0 Å². The number of aliphatic hydroxyl groups is 1. The molecule has 18 heavy (non-hydrogen) atoms. The second-order valence-corrected chi connectivity index (χ2v) is 7.85. The van der Waals surface area contributed by atoms with Gasteiger partial charge in [-0.15, -0.1) is 0 Å². The number of thioether (sulfide) groups is 2. The highest BCUT2D eigenvalue weighted by Crippen LogP contribution is 2.37. The Balaban J connectivity index is 1.91. The van der Waals surface area contributed by atoms with Crippen molar-refractivity contribution in [1.29, 1.82) is 0 Å². The van der Waals surface area contributed by atoms with Crippen molar-refractivity contribution < 1.29 is 9.50 Å². The minimum atomic E-state index is -0.345. The summed E-state index contributed by atoms with van der Waals surface area (Å²) in [7, 11) is 0. The second kappa shape index (κ2) is 6.31. The monoisotopic (exact) mass is 286 g/mol. The number of hydrogen-bond donors (Lipinski definition) is 1. The highest BCUT2D eigenvalue weighted by molar-refractivity contribution is 8.07. The van der Waals surface area contributed by atoms with Crippen molar-refractivity contribution in [1.82, 2.24) is 0 Å². The molecule has 100 valence electrons. The topological polar surface area (TPSA) is 20.2 Å². The van der Waals surface area contributed by atoms with Crippen molar-refractivity contribution in [3.8, 4) is 0 Å². The summed E-state index contributed by atoms with van der Waals surface area (Å²) in [5, 5.41) is 11.8. The van der Waals surface area contributed by atoms with Crippen LogP contribution in [-0.4, -0.2) is 32.7 Å². The third-order valence-electron chi connectivity index (χ3n) is 3.36. The van der Waals surface area contributed by atoms with Crippen LogP contribution in [0.1, 0.15) is 19.4 Å². The normalized spacial score (nSPS) is 30.1. The van der Waals surface area contributed by atoms with Crippen molar-refractivity contribution in [2.24, 2.45) is 0 Å². The standard InChI is InChI=1S/C14H19FOS2/c1-9-10(2)18-14(8-17-9)13(16)7-11-3-5-12(15)6-4-11/h3-6,9-10,13-14,16H,7-8H2,1-2H3. The maximum Gasteiger partial charge on any atom is 0.123 e. The number of benzene rings is 1. The third-order valence-corrected chi connectivity index (χ3v) is 6.90. The van der Waals surface area contributed by atoms with Crippen LogP contribution in [0, 0.1) is 5.82 Å². The van der Waals surface area contributed by atoms with Gasteiger partial charge >= 0.3 is 0 Å². The fraction of sp³-hybridized carbons (Fsp3) is 0.571. The van der Waals surface area contributed by atoms with Gasteiger partial charge in [-0.05, 0) is 24.1 Å². The van der Waals surface area contributed by atoms with Gasteiger partial charge < -0.3 is 5.11 Å². The average molecular weight is 286 g/mol. The minimum absolute atomic E-state index is 0.224. The third kappa shape index (κ3) is 3.65. The Bertz CT molecular complexity index is 382. The lowest BCUT2D eigenvalue weighted by molar-refractivity contribution is 0.177. The van der Waals surface area contributed by atoms with Crippen LogP contribution in [-0.2, 0) is 6.42 Å². The summed E-state index contributed by atoms with van der Waals surface area (Å²) < 4.78 is 12.8. The molecule has 0 bridgehead atoms. The zero-order valence-electron chi connectivity index (χ0n) is 10.7. The number of rotatable bonds is 3. The maximum atomic E-state index is 12.8. The number of aliphatic hydroxyl groups excluding tert-OH is 1. The molecule has 0 saturated carbocycles. The molecule has 1 saturated heterocycles. The van der Waals surface area contributed by atoms with Gasteiger partial charge in [-0.3, -0.25) is 0 Å². The first-order valence-corrected chi connectivity index (χ1v) is 8.25. The predicted molar refractivity (Wildman–Crippen MR) is 78.9 cm³/mol. The Hall–Kier alpha value is -0.190. The molecule has 0 spiro atoms. The van der Waals surface area contributed by atoms with Gasteiger partial charge in [-0.25, -0.2) is 4.39 Å². The summed E-state index contributed by atoms with van der Waals surface area (Å²) in [5.41, 5.74) is 1.00. The molecule has 1 fully saturated rings. The quantitative estimate of drug-likeness (QED) is 0.920. The molecule has 0 amide bonds. The summed E-state index contributed by atoms with van der Waals surface area (Å²) in [6, 6.07) is 6.42. The minimum Gasteiger partial charge on any atom is -0.392 e. The van der Waals surface area contributed by atoms with Crippen LogP contribution in [0.3, 0.4) is 0 Å². The lowest BCUT2D eigenvalue weighted by atomic mass is 10.1. The van der Waals surface area contributed by atoms with E-state index in [2.05, 4.69) is 13.8 Å². The van der Waals surface area contributed by atoms with Crippen molar-refractivity contribution in [3.63, 3.8) is 0 Å². The van der Waals surface area contributed by atoms with E-state index in [9.17, 15) is 9.50 Å². The molecule has 0 aliphatic carbocycles. The van der Waals surface area contributed by atoms with Crippen molar-refractivity contribution in [2.75, 3.05) is 5.75 Å². The first kappa shape index (κ1) is 14.2. The van der Waals surface area contributed by atoms with Crippen LogP contribution in [0.2, 0.25) is 0 Å². The van der Waals surface area contributed by atoms with Crippen LogP contribution in [0.15, 0.2) is 24.3 Å². The van der Waals surface area contributed by atoms with Crippen LogP contribution in [0.25, 0.3) is 0 Å². The largest absolute Gasteiger partial charge is 0.392 e. The molecule has 1 N–H and O–H groups in total. The molecule has 1 aliphatic heterocycles. The van der Waals surface area contributed by atoms with E-state index in [0.29, 0.717) is 16.9 Å². The predicted octanol–water partition coefficient (Wildman–Crippen LogP) is 3.35. The first-order valence-electron chi connectivity index (χ1n) is 6.26. The second-order valence-electron chi connectivity index (χ2n) is 4.82. The fourth-order valence-corrected chi connectivity index (χ4v) is 5.02. The van der Waals surface area contributed by atoms with Gasteiger partial charge in [0, 0.05) is 21.5 Å². The highest BCUT2D eigenvalue weighted by Gasteiger charge is 2.30. The zero-order chi connectivity index (χ0) is 13.1. The van der Waals surface area contributed by atoms with E-state index in [4.69, 9.17) is 0 Å². The highest BCUT2D eigenvalue weighted by atomic mass is 32.2. The Morgan fingerprint density at radius 2 is 1.94 bits per heavy atom. The van der Waals surface area contributed by atoms with Gasteiger partial charge in [0.05, 0.1) is 6.10 Å². The SMILES string of the molecule is CC1SCC(C(O)Cc2ccc(F)cc2)SC1C. The Morgan fingerprint density at radius 1 is 1.28 bits per heavy atom. The van der Waals surface area contributed by atoms with Crippen LogP contribution >= 0.6 is 23.5 Å². The summed E-state index contributed by atoms with van der Waals surface area (Å²) in [6.07, 6.45) is 0.266. The van der Waals surface area contributed by atoms with Gasteiger partial charge in [0.15, 0.2) is 0 Å². The summed E-state index contributed by atoms with van der Waals surface area (Å²) >= 11 is 3.81. The molecule has 1 nitrogen and oxygen atoms in total. The average Bonchev–Trinajstić information content (AvgIpc) is 2.35. The van der Waals surface area contributed by atoms with Gasteiger partial charge in [0.25, 0.3) is 0 Å². The molecule has 1 heterocycles. The Morgan fingerprint density at radius 3 is 2.56 bits per heavy atom. The molecule has 4 atom stereocenters. The van der Waals surface area contributed by atoms with E-state index < -0.39 is 0 Å². The summed E-state index contributed by atoms with van der Waals surface area (Å²) in [6.45, 7) is 4.46. The zero-order valence-corrected chi connectivity index (χ0v) is 12.3. The van der Waals surface area contributed by atoms with Gasteiger partial charge in [0.2, 0.25) is 0 Å². The van der Waals surface area contributed by atoms with E-state index in [1.807, 2.05) is 23.5 Å². The molecule has 2 rings (SSSR count). The molecule has 1 aromatic rings. The van der Waals surface area contributed by atoms with Crippen LogP contribution in [0.4, 0.5) is 4.39 Å². The Labute approximate surface area is 117 Å². The summed E-state index contributed by atoms with van der Waals surface area (Å²) in [4.78, 5) is 0. The summed E-state index contributed by atoms with van der Waals surface area (Å²) in [5.74, 6) is 0.775. The molecule has 0 radical (unpaired) electrons. The molecular formula is C14H19FOS2. The molecule has 1 aromatic carbocycles. The van der Waals surface area contributed by atoms with Crippen LogP contribution < -0.4 is 0 Å². The van der Waals surface area contributed by atoms with Gasteiger partial charge in [-0.1, -0.05) is 26.0 Å². The number of hydrogen-bond acceptors (Lipinski definition) is 3. The lowest BCUT2D eigenvalue weighted by Crippen LogP contribution is -2.35. The molecule has 4 unspecified atom stereocenters. The number of halogens is 1. The van der Waals surface area contributed by atoms with E-state index in [1.54, 1.807) is 12.1 Å². The van der Waals surface area contributed by atoms with E-state index in [0.717, 1.165) is 11.3 Å². The van der Waals surface area contributed by atoms with Crippen molar-refractivity contribution in [3.05, 3.63) is 35.6 Å². The van der Waals surface area contributed by atoms with Crippen LogP contribution in [0.5, 0.6) is 0 Å². The molecule has 4 heteroatoms. The van der Waals surface area contributed by atoms with Crippen molar-refractivity contribution in [2.45, 2.75) is 42.1 Å². The molecule has 0 aromatic heterocycles. The Kier molecular flexibility index (Phi) is 4.98. The van der Waals surface area contributed by atoms with Crippen molar-refractivity contribution >= 4 is 23.5 Å². The van der Waals surface area contributed by atoms with E-state index in [-0.39, 0.29) is 17.2 Å². The molecule has 1 aliphatic rings. The lowest BCUT2D eigenvalue weighted by Gasteiger charge is -2.33. The maximum absolute atomic E-state index is 12.8. The smallest absolute Gasteiger partial charge is 0.123 e. The molecular weight excluding hydrogens is 267 g/mol. The van der Waals surface area contributed by atoms with Gasteiger partial charge in [0.1, 0.15) is 5.82 Å². The first-order chi connectivity index (χ1) is 8.56.